The van der Waals surface area contributed by atoms with Gasteiger partial charge < -0.3 is 10.5 Å². The van der Waals surface area contributed by atoms with Gasteiger partial charge in [0.15, 0.2) is 11.6 Å². The molecule has 0 spiro atoms. The van der Waals surface area contributed by atoms with E-state index >= 15 is 0 Å². The first-order chi connectivity index (χ1) is 10.2. The SMILES string of the molecule is CCCN(Cc1cccc(OC)c1F)C1(CN)CCCC1. The Balaban J connectivity index is 2.24. The summed E-state index contributed by atoms with van der Waals surface area (Å²) in [5.41, 5.74) is 6.83. The van der Waals surface area contributed by atoms with Crippen LogP contribution in [0.4, 0.5) is 4.39 Å². The summed E-state index contributed by atoms with van der Waals surface area (Å²) in [5, 5.41) is 0. The number of nitrogens with zero attached hydrogens (tertiary/aromatic N) is 1. The van der Waals surface area contributed by atoms with Crippen molar-refractivity contribution >= 4 is 0 Å². The summed E-state index contributed by atoms with van der Waals surface area (Å²) in [6.07, 6.45) is 5.73. The first-order valence-corrected chi connectivity index (χ1v) is 7.93. The molecule has 0 radical (unpaired) electrons. The maximum absolute atomic E-state index is 14.4. The van der Waals surface area contributed by atoms with Crippen molar-refractivity contribution in [1.82, 2.24) is 4.90 Å². The first-order valence-electron chi connectivity index (χ1n) is 7.93. The van der Waals surface area contributed by atoms with Gasteiger partial charge in [-0.25, -0.2) is 4.39 Å². The van der Waals surface area contributed by atoms with Crippen LogP contribution in [0.15, 0.2) is 18.2 Å². The molecular formula is C17H27FN2O. The number of rotatable bonds is 7. The minimum Gasteiger partial charge on any atom is -0.494 e. The van der Waals surface area contributed by atoms with Crippen LogP contribution in [0.1, 0.15) is 44.6 Å². The Bertz CT molecular complexity index is 458. The summed E-state index contributed by atoms with van der Waals surface area (Å²) in [5.74, 6) is 0.0726. The summed E-state index contributed by atoms with van der Waals surface area (Å²) in [6.45, 7) is 4.37. The summed E-state index contributed by atoms with van der Waals surface area (Å²) in [6, 6.07) is 5.36. The zero-order valence-electron chi connectivity index (χ0n) is 13.2. The predicted molar refractivity (Wildman–Crippen MR) is 83.9 cm³/mol. The van der Waals surface area contributed by atoms with Gasteiger partial charge in [0.25, 0.3) is 0 Å². The van der Waals surface area contributed by atoms with Crippen LogP contribution >= 0.6 is 0 Å². The van der Waals surface area contributed by atoms with Crippen molar-refractivity contribution in [3.63, 3.8) is 0 Å². The zero-order valence-corrected chi connectivity index (χ0v) is 13.2. The largest absolute Gasteiger partial charge is 0.494 e. The Morgan fingerprint density at radius 2 is 2.05 bits per heavy atom. The van der Waals surface area contributed by atoms with Crippen molar-refractivity contribution in [2.24, 2.45) is 5.73 Å². The van der Waals surface area contributed by atoms with Gasteiger partial charge in [0, 0.05) is 24.2 Å². The van der Waals surface area contributed by atoms with Crippen LogP contribution in [0.2, 0.25) is 0 Å². The minimum absolute atomic E-state index is 0.0471. The van der Waals surface area contributed by atoms with Gasteiger partial charge >= 0.3 is 0 Å². The number of hydrogen-bond acceptors (Lipinski definition) is 3. The molecule has 0 atom stereocenters. The van der Waals surface area contributed by atoms with E-state index in [9.17, 15) is 4.39 Å². The van der Waals surface area contributed by atoms with Crippen molar-refractivity contribution in [3.05, 3.63) is 29.6 Å². The standard InChI is InChI=1S/C17H27FN2O/c1-3-11-20(17(13-19)9-4-5-10-17)12-14-7-6-8-15(21-2)16(14)18/h6-8H,3-5,9-13,19H2,1-2H3. The van der Waals surface area contributed by atoms with Gasteiger partial charge in [0.1, 0.15) is 0 Å². The topological polar surface area (TPSA) is 38.5 Å². The van der Waals surface area contributed by atoms with Crippen molar-refractivity contribution < 1.29 is 9.13 Å². The fraction of sp³-hybridized carbons (Fsp3) is 0.647. The Morgan fingerprint density at radius 3 is 2.62 bits per heavy atom. The molecule has 1 aromatic rings. The molecule has 0 bridgehead atoms. The third kappa shape index (κ3) is 3.38. The molecule has 0 aromatic heterocycles. The van der Waals surface area contributed by atoms with E-state index in [4.69, 9.17) is 10.5 Å². The lowest BCUT2D eigenvalue weighted by molar-refractivity contribution is 0.0889. The summed E-state index contributed by atoms with van der Waals surface area (Å²) < 4.78 is 19.5. The second kappa shape index (κ2) is 7.23. The highest BCUT2D eigenvalue weighted by atomic mass is 19.1. The van der Waals surface area contributed by atoms with Crippen LogP contribution < -0.4 is 10.5 Å². The van der Waals surface area contributed by atoms with E-state index in [-0.39, 0.29) is 11.4 Å². The molecule has 3 nitrogen and oxygen atoms in total. The van der Waals surface area contributed by atoms with Gasteiger partial charge in [-0.15, -0.1) is 0 Å². The van der Waals surface area contributed by atoms with E-state index < -0.39 is 0 Å². The number of halogens is 1. The molecule has 2 N–H and O–H groups in total. The van der Waals surface area contributed by atoms with Gasteiger partial charge in [-0.3, -0.25) is 4.90 Å². The van der Waals surface area contributed by atoms with E-state index in [0.29, 0.717) is 24.4 Å². The summed E-state index contributed by atoms with van der Waals surface area (Å²) >= 11 is 0. The number of nitrogens with two attached hydrogens (primary N) is 1. The van der Waals surface area contributed by atoms with Gasteiger partial charge in [-0.2, -0.15) is 0 Å². The average molecular weight is 294 g/mol. The number of ether oxygens (including phenoxy) is 1. The van der Waals surface area contributed by atoms with Crippen LogP contribution in [-0.4, -0.2) is 30.6 Å². The highest BCUT2D eigenvalue weighted by molar-refractivity contribution is 5.31. The number of benzene rings is 1. The van der Waals surface area contributed by atoms with Crippen LogP contribution in [0.5, 0.6) is 5.75 Å². The first kappa shape index (κ1) is 16.2. The normalized spacial score (nSPS) is 17.4. The van der Waals surface area contributed by atoms with E-state index in [0.717, 1.165) is 25.8 Å². The van der Waals surface area contributed by atoms with Crippen LogP contribution in [0.25, 0.3) is 0 Å². The molecule has 2 rings (SSSR count). The Kier molecular flexibility index (Phi) is 5.59. The van der Waals surface area contributed by atoms with Gasteiger partial charge in [0.2, 0.25) is 0 Å². The number of methoxy groups -OCH3 is 1. The molecule has 0 unspecified atom stereocenters. The lowest BCUT2D eigenvalue weighted by atomic mass is 9.94. The Morgan fingerprint density at radius 1 is 1.33 bits per heavy atom. The number of hydrogen-bond donors (Lipinski definition) is 1. The zero-order chi connectivity index (χ0) is 15.3. The van der Waals surface area contributed by atoms with Crippen LogP contribution in [0, 0.1) is 5.82 Å². The molecule has 1 aromatic carbocycles. The van der Waals surface area contributed by atoms with E-state index in [1.54, 1.807) is 6.07 Å². The van der Waals surface area contributed by atoms with Gasteiger partial charge in [-0.05, 0) is 31.9 Å². The van der Waals surface area contributed by atoms with Crippen molar-refractivity contribution in [3.8, 4) is 5.75 Å². The maximum Gasteiger partial charge on any atom is 0.169 e. The van der Waals surface area contributed by atoms with Crippen molar-refractivity contribution in [1.29, 1.82) is 0 Å². The highest BCUT2D eigenvalue weighted by Gasteiger charge is 2.38. The lowest BCUT2D eigenvalue weighted by Crippen LogP contribution is -2.51. The third-order valence-corrected chi connectivity index (χ3v) is 4.70. The molecule has 4 heteroatoms. The second-order valence-corrected chi connectivity index (χ2v) is 5.99. The van der Waals surface area contributed by atoms with Gasteiger partial charge in [0.05, 0.1) is 7.11 Å². The molecule has 21 heavy (non-hydrogen) atoms. The van der Waals surface area contributed by atoms with Gasteiger partial charge in [-0.1, -0.05) is 31.9 Å². The summed E-state index contributed by atoms with van der Waals surface area (Å²) in [7, 11) is 1.50. The van der Waals surface area contributed by atoms with Crippen LogP contribution in [-0.2, 0) is 6.54 Å². The van der Waals surface area contributed by atoms with Crippen molar-refractivity contribution in [2.45, 2.75) is 51.1 Å². The monoisotopic (exact) mass is 294 g/mol. The fourth-order valence-electron chi connectivity index (χ4n) is 3.48. The smallest absolute Gasteiger partial charge is 0.169 e. The van der Waals surface area contributed by atoms with E-state index in [1.165, 1.54) is 20.0 Å². The molecule has 1 saturated carbocycles. The molecule has 0 amide bonds. The molecule has 118 valence electrons. The fourth-order valence-corrected chi connectivity index (χ4v) is 3.48. The van der Waals surface area contributed by atoms with Crippen molar-refractivity contribution in [2.75, 3.05) is 20.2 Å². The third-order valence-electron chi connectivity index (χ3n) is 4.70. The highest BCUT2D eigenvalue weighted by Crippen LogP contribution is 2.36. The summed E-state index contributed by atoms with van der Waals surface area (Å²) in [4.78, 5) is 2.39. The Labute approximate surface area is 127 Å². The molecule has 1 aliphatic carbocycles. The molecule has 0 heterocycles. The predicted octanol–water partition coefficient (Wildman–Crippen LogP) is 3.32. The van der Waals surface area contributed by atoms with E-state index in [1.807, 2.05) is 12.1 Å². The Hall–Kier alpha value is -1.13. The van der Waals surface area contributed by atoms with Crippen LogP contribution in [0.3, 0.4) is 0 Å². The quantitative estimate of drug-likeness (QED) is 0.838. The average Bonchev–Trinajstić information content (AvgIpc) is 2.99. The molecule has 0 saturated heterocycles. The lowest BCUT2D eigenvalue weighted by Gasteiger charge is -2.41. The molecule has 1 fully saturated rings. The van der Waals surface area contributed by atoms with E-state index in [2.05, 4.69) is 11.8 Å². The molecule has 1 aliphatic rings. The minimum atomic E-state index is -0.244. The molecule has 0 aliphatic heterocycles. The maximum atomic E-state index is 14.4. The molecular weight excluding hydrogens is 267 g/mol. The second-order valence-electron chi connectivity index (χ2n) is 5.99.